The van der Waals surface area contributed by atoms with Gasteiger partial charge < -0.3 is 23.4 Å². The Kier molecular flexibility index (Phi) is 6.98. The fraction of sp³-hybridized carbons (Fsp3) is 0.154. The summed E-state index contributed by atoms with van der Waals surface area (Å²) in [7, 11) is 4.58. The summed E-state index contributed by atoms with van der Waals surface area (Å²) in [6.45, 7) is 0.195. The van der Waals surface area contributed by atoms with Crippen molar-refractivity contribution in [3.05, 3.63) is 83.8 Å². The smallest absolute Gasteiger partial charge is 0.307 e. The third-order valence-electron chi connectivity index (χ3n) is 5.05. The van der Waals surface area contributed by atoms with E-state index in [-0.39, 0.29) is 12.4 Å². The standard InChI is InChI=1S/C26H24N2O6/c1-30-23-12-17(13-24(31-2)25(23)32-3)15-27-28-26(29)22-11-10-21(34-22)16-33-20-9-8-18-6-4-5-7-19(18)14-20/h4-15H,16H2,1-3H3,(H,28,29)/b27-15+. The topological polar surface area (TPSA) is 91.5 Å². The molecule has 0 bridgehead atoms. The number of fused-ring (bicyclic) bond motifs is 1. The summed E-state index contributed by atoms with van der Waals surface area (Å²) in [5.74, 6) is 2.32. The Balaban J connectivity index is 1.36. The second-order valence-corrected chi connectivity index (χ2v) is 7.22. The van der Waals surface area contributed by atoms with E-state index in [1.54, 1.807) is 24.3 Å². The number of hydrogen-bond acceptors (Lipinski definition) is 7. The van der Waals surface area contributed by atoms with Crippen LogP contribution in [-0.2, 0) is 6.61 Å². The van der Waals surface area contributed by atoms with Crippen LogP contribution in [0.3, 0.4) is 0 Å². The van der Waals surface area contributed by atoms with E-state index in [0.717, 1.165) is 16.5 Å². The Labute approximate surface area is 196 Å². The van der Waals surface area contributed by atoms with E-state index in [1.807, 2.05) is 42.5 Å². The third kappa shape index (κ3) is 5.12. The van der Waals surface area contributed by atoms with Gasteiger partial charge in [-0.3, -0.25) is 4.79 Å². The number of amides is 1. The molecule has 0 saturated heterocycles. The summed E-state index contributed by atoms with van der Waals surface area (Å²) in [6.07, 6.45) is 1.47. The average Bonchev–Trinajstić information content (AvgIpc) is 3.36. The number of benzene rings is 3. The van der Waals surface area contributed by atoms with Crippen LogP contribution < -0.4 is 24.4 Å². The van der Waals surface area contributed by atoms with Gasteiger partial charge in [0.15, 0.2) is 17.3 Å². The fourth-order valence-corrected chi connectivity index (χ4v) is 3.39. The Morgan fingerprint density at radius 3 is 2.35 bits per heavy atom. The van der Waals surface area contributed by atoms with Crippen LogP contribution in [0.5, 0.6) is 23.0 Å². The van der Waals surface area contributed by atoms with Gasteiger partial charge in [0.25, 0.3) is 0 Å². The molecule has 0 saturated carbocycles. The number of nitrogens with zero attached hydrogens (tertiary/aromatic N) is 1. The van der Waals surface area contributed by atoms with Crippen molar-refractivity contribution in [2.45, 2.75) is 6.61 Å². The first-order valence-corrected chi connectivity index (χ1v) is 10.4. The number of carbonyl (C=O) groups is 1. The van der Waals surface area contributed by atoms with Crippen molar-refractivity contribution in [2.24, 2.45) is 5.10 Å². The van der Waals surface area contributed by atoms with Crippen LogP contribution in [0.15, 0.2) is 76.2 Å². The van der Waals surface area contributed by atoms with Gasteiger partial charge in [0.05, 0.1) is 27.5 Å². The number of hydrogen-bond donors (Lipinski definition) is 1. The lowest BCUT2D eigenvalue weighted by Crippen LogP contribution is -2.16. The van der Waals surface area contributed by atoms with Crippen molar-refractivity contribution in [1.82, 2.24) is 5.43 Å². The highest BCUT2D eigenvalue weighted by atomic mass is 16.5. The van der Waals surface area contributed by atoms with Gasteiger partial charge in [-0.15, -0.1) is 0 Å². The van der Waals surface area contributed by atoms with E-state index < -0.39 is 5.91 Å². The van der Waals surface area contributed by atoms with E-state index in [9.17, 15) is 4.79 Å². The SMILES string of the molecule is COc1cc(/C=N/NC(=O)c2ccc(COc3ccc4ccccc4c3)o2)cc(OC)c1OC. The zero-order chi connectivity index (χ0) is 23.9. The maximum absolute atomic E-state index is 12.4. The van der Waals surface area contributed by atoms with Crippen LogP contribution in [0.25, 0.3) is 10.8 Å². The second-order valence-electron chi connectivity index (χ2n) is 7.22. The molecule has 0 fully saturated rings. The van der Waals surface area contributed by atoms with E-state index in [4.69, 9.17) is 23.4 Å². The zero-order valence-electron chi connectivity index (χ0n) is 19.0. The van der Waals surface area contributed by atoms with Crippen molar-refractivity contribution in [1.29, 1.82) is 0 Å². The highest BCUT2D eigenvalue weighted by Gasteiger charge is 2.13. The minimum Gasteiger partial charge on any atom is -0.493 e. The van der Waals surface area contributed by atoms with Crippen LogP contribution in [0.4, 0.5) is 0 Å². The summed E-state index contributed by atoms with van der Waals surface area (Å²) in [5.41, 5.74) is 3.09. The van der Waals surface area contributed by atoms with Crippen LogP contribution in [-0.4, -0.2) is 33.5 Å². The first kappa shape index (κ1) is 22.7. The number of methoxy groups -OCH3 is 3. The quantitative estimate of drug-likeness (QED) is 0.285. The molecule has 0 aliphatic rings. The van der Waals surface area contributed by atoms with Crippen molar-refractivity contribution in [3.63, 3.8) is 0 Å². The maximum Gasteiger partial charge on any atom is 0.307 e. The van der Waals surface area contributed by atoms with Crippen LogP contribution in [0.2, 0.25) is 0 Å². The van der Waals surface area contributed by atoms with Crippen molar-refractivity contribution < 1.29 is 28.2 Å². The molecule has 8 nitrogen and oxygen atoms in total. The molecule has 8 heteroatoms. The molecular weight excluding hydrogens is 436 g/mol. The molecule has 0 radical (unpaired) electrons. The summed E-state index contributed by atoms with van der Waals surface area (Å²) in [4.78, 5) is 12.4. The molecule has 4 aromatic rings. The van der Waals surface area contributed by atoms with E-state index in [2.05, 4.69) is 10.5 Å². The summed E-state index contributed by atoms with van der Waals surface area (Å²) in [5, 5.41) is 6.21. The molecule has 1 amide bonds. The van der Waals surface area contributed by atoms with E-state index >= 15 is 0 Å². The van der Waals surface area contributed by atoms with Crippen molar-refractivity contribution >= 4 is 22.9 Å². The Morgan fingerprint density at radius 1 is 0.912 bits per heavy atom. The molecule has 174 valence electrons. The molecule has 0 aliphatic heterocycles. The highest BCUT2D eigenvalue weighted by molar-refractivity contribution is 5.92. The van der Waals surface area contributed by atoms with Gasteiger partial charge in [0.1, 0.15) is 18.1 Å². The minimum atomic E-state index is -0.486. The second kappa shape index (κ2) is 10.4. The number of furan rings is 1. The maximum atomic E-state index is 12.4. The van der Waals surface area contributed by atoms with Gasteiger partial charge in [-0.25, -0.2) is 5.43 Å². The highest BCUT2D eigenvalue weighted by Crippen LogP contribution is 2.37. The van der Waals surface area contributed by atoms with Gasteiger partial charge in [-0.05, 0) is 47.2 Å². The monoisotopic (exact) mass is 460 g/mol. The first-order valence-electron chi connectivity index (χ1n) is 10.4. The lowest BCUT2D eigenvalue weighted by atomic mass is 10.1. The Bertz CT molecular complexity index is 1300. The molecule has 0 aliphatic carbocycles. The van der Waals surface area contributed by atoms with Gasteiger partial charge in [-0.2, -0.15) is 5.10 Å². The normalized spacial score (nSPS) is 10.9. The summed E-state index contributed by atoms with van der Waals surface area (Å²) < 4.78 is 27.3. The molecule has 1 heterocycles. The van der Waals surface area contributed by atoms with Crippen molar-refractivity contribution in [2.75, 3.05) is 21.3 Å². The fourth-order valence-electron chi connectivity index (χ4n) is 3.39. The number of carbonyl (C=O) groups excluding carboxylic acids is 1. The summed E-state index contributed by atoms with van der Waals surface area (Å²) >= 11 is 0. The molecule has 4 rings (SSSR count). The van der Waals surface area contributed by atoms with E-state index in [0.29, 0.717) is 28.6 Å². The summed E-state index contributed by atoms with van der Waals surface area (Å²) in [6, 6.07) is 20.6. The first-order chi connectivity index (χ1) is 16.6. The lowest BCUT2D eigenvalue weighted by Gasteiger charge is -2.12. The van der Waals surface area contributed by atoms with Crippen LogP contribution >= 0.6 is 0 Å². The number of rotatable bonds is 9. The Morgan fingerprint density at radius 2 is 1.65 bits per heavy atom. The number of ether oxygens (including phenoxy) is 4. The van der Waals surface area contributed by atoms with Crippen LogP contribution in [0.1, 0.15) is 21.9 Å². The third-order valence-corrected chi connectivity index (χ3v) is 5.05. The molecule has 34 heavy (non-hydrogen) atoms. The van der Waals surface area contributed by atoms with E-state index in [1.165, 1.54) is 27.5 Å². The van der Waals surface area contributed by atoms with Crippen molar-refractivity contribution in [3.8, 4) is 23.0 Å². The zero-order valence-corrected chi connectivity index (χ0v) is 19.0. The number of nitrogens with one attached hydrogen (secondary N) is 1. The van der Waals surface area contributed by atoms with Crippen LogP contribution in [0, 0.1) is 0 Å². The molecule has 0 unspecified atom stereocenters. The van der Waals surface area contributed by atoms with Gasteiger partial charge in [0, 0.05) is 5.56 Å². The van der Waals surface area contributed by atoms with Gasteiger partial charge >= 0.3 is 5.91 Å². The number of hydrazone groups is 1. The molecule has 1 aromatic heterocycles. The molecule has 3 aromatic carbocycles. The molecule has 1 N–H and O–H groups in total. The Hall–Kier alpha value is -4.46. The molecular formula is C26H24N2O6. The minimum absolute atomic E-state index is 0.124. The predicted octanol–water partition coefficient (Wildman–Crippen LogP) is 4.80. The predicted molar refractivity (Wildman–Crippen MR) is 128 cm³/mol. The van der Waals surface area contributed by atoms with Gasteiger partial charge in [-0.1, -0.05) is 30.3 Å². The lowest BCUT2D eigenvalue weighted by molar-refractivity contribution is 0.0923. The molecule has 0 spiro atoms. The largest absolute Gasteiger partial charge is 0.493 e. The average molecular weight is 460 g/mol. The molecule has 0 atom stereocenters. The van der Waals surface area contributed by atoms with Gasteiger partial charge in [0.2, 0.25) is 5.75 Å².